The molecule has 3 rings (SSSR count). The average molecular weight is 320 g/mol. The minimum Gasteiger partial charge on any atom is -0.461 e. The summed E-state index contributed by atoms with van der Waals surface area (Å²) >= 11 is 0. The van der Waals surface area contributed by atoms with Gasteiger partial charge in [-0.3, -0.25) is 4.90 Å². The van der Waals surface area contributed by atoms with E-state index in [0.29, 0.717) is 12.2 Å². The molecule has 0 amide bonds. The van der Waals surface area contributed by atoms with Gasteiger partial charge in [0, 0.05) is 6.54 Å². The molecular weight excluding hydrogens is 298 g/mol. The Morgan fingerprint density at radius 2 is 1.73 bits per heavy atom. The molecule has 0 saturated carbocycles. The second-order valence-corrected chi connectivity index (χ2v) is 5.56. The lowest BCUT2D eigenvalue weighted by Gasteiger charge is -2.25. The normalized spacial score (nSPS) is 15.3. The van der Waals surface area contributed by atoms with Gasteiger partial charge in [0.05, 0.1) is 5.56 Å². The summed E-state index contributed by atoms with van der Waals surface area (Å²) in [6.07, 6.45) is 3.85. The molecule has 118 valence electrons. The minimum atomic E-state index is -0.219. The van der Waals surface area contributed by atoms with Gasteiger partial charge in [0.25, 0.3) is 0 Å². The highest BCUT2D eigenvalue weighted by atomic mass is 35.5. The maximum absolute atomic E-state index is 12.3. The predicted octanol–water partition coefficient (Wildman–Crippen LogP) is 3.90. The van der Waals surface area contributed by atoms with Crippen LogP contribution in [0.1, 0.15) is 29.6 Å². The van der Waals surface area contributed by atoms with Crippen molar-refractivity contribution in [2.45, 2.75) is 19.3 Å². The van der Waals surface area contributed by atoms with Crippen LogP contribution in [0.5, 0.6) is 0 Å². The Morgan fingerprint density at radius 3 is 2.55 bits per heavy atom. The molecule has 0 aromatic heterocycles. The Kier molecular flexibility index (Phi) is 6.22. The van der Waals surface area contributed by atoms with Crippen LogP contribution in [-0.2, 0) is 4.74 Å². The van der Waals surface area contributed by atoms with Crippen molar-refractivity contribution in [3.63, 3.8) is 0 Å². The molecule has 1 heterocycles. The zero-order valence-corrected chi connectivity index (χ0v) is 13.5. The van der Waals surface area contributed by atoms with E-state index in [1.54, 1.807) is 0 Å². The van der Waals surface area contributed by atoms with E-state index in [1.165, 1.54) is 19.3 Å². The third kappa shape index (κ3) is 3.99. The number of benzene rings is 2. The molecule has 1 saturated heterocycles. The van der Waals surface area contributed by atoms with E-state index in [2.05, 4.69) is 4.90 Å². The topological polar surface area (TPSA) is 29.5 Å². The number of rotatable bonds is 4. The Balaban J connectivity index is 0.00000176. The highest BCUT2D eigenvalue weighted by Gasteiger charge is 2.13. The first-order valence-corrected chi connectivity index (χ1v) is 7.72. The molecule has 22 heavy (non-hydrogen) atoms. The van der Waals surface area contributed by atoms with Gasteiger partial charge in [0.2, 0.25) is 0 Å². The summed E-state index contributed by atoms with van der Waals surface area (Å²) in [6, 6.07) is 13.7. The number of esters is 1. The van der Waals surface area contributed by atoms with Gasteiger partial charge in [-0.05, 0) is 42.8 Å². The number of halogens is 1. The summed E-state index contributed by atoms with van der Waals surface area (Å²) in [5, 5.41) is 2.03. The lowest BCUT2D eigenvalue weighted by atomic mass is 10.1. The maximum atomic E-state index is 12.3. The van der Waals surface area contributed by atoms with E-state index in [1.807, 2.05) is 42.5 Å². The Morgan fingerprint density at radius 1 is 1.00 bits per heavy atom. The summed E-state index contributed by atoms with van der Waals surface area (Å²) in [7, 11) is 0. The molecule has 0 bridgehead atoms. The molecule has 3 nitrogen and oxygen atoms in total. The highest BCUT2D eigenvalue weighted by Crippen LogP contribution is 2.19. The number of carbonyl (C=O) groups is 1. The molecule has 0 aliphatic carbocycles. The van der Waals surface area contributed by atoms with E-state index in [4.69, 9.17) is 4.74 Å². The van der Waals surface area contributed by atoms with Crippen molar-refractivity contribution in [1.29, 1.82) is 0 Å². The smallest absolute Gasteiger partial charge is 0.338 e. The van der Waals surface area contributed by atoms with Crippen molar-refractivity contribution < 1.29 is 9.53 Å². The van der Waals surface area contributed by atoms with Crippen LogP contribution in [0.25, 0.3) is 10.8 Å². The highest BCUT2D eigenvalue weighted by molar-refractivity contribution is 6.04. The number of hydrogen-bond donors (Lipinski definition) is 0. The average Bonchev–Trinajstić information content (AvgIpc) is 2.55. The van der Waals surface area contributed by atoms with Crippen LogP contribution >= 0.6 is 12.4 Å². The van der Waals surface area contributed by atoms with Gasteiger partial charge in [0.1, 0.15) is 6.61 Å². The van der Waals surface area contributed by atoms with E-state index < -0.39 is 0 Å². The minimum absolute atomic E-state index is 0. The van der Waals surface area contributed by atoms with Crippen molar-refractivity contribution in [1.82, 2.24) is 4.90 Å². The van der Waals surface area contributed by atoms with Crippen LogP contribution in [0.2, 0.25) is 0 Å². The second-order valence-electron chi connectivity index (χ2n) is 5.56. The SMILES string of the molecule is Cl.O=C(OCCN1CCCCC1)c1cccc2ccccc12. The molecule has 1 aliphatic rings. The number of hydrogen-bond acceptors (Lipinski definition) is 3. The number of likely N-dealkylation sites (tertiary alicyclic amines) is 1. The van der Waals surface area contributed by atoms with Crippen molar-refractivity contribution in [2.24, 2.45) is 0 Å². The molecule has 2 aromatic rings. The molecule has 0 radical (unpaired) electrons. The monoisotopic (exact) mass is 319 g/mol. The third-order valence-corrected chi connectivity index (χ3v) is 4.10. The standard InChI is InChI=1S/C18H21NO2.ClH/c20-18(21-14-13-19-11-4-1-5-12-19)17-10-6-8-15-7-2-3-9-16(15)17;/h2-3,6-10H,1,4-5,11-14H2;1H. The fourth-order valence-corrected chi connectivity index (χ4v) is 2.93. The van der Waals surface area contributed by atoms with Crippen molar-refractivity contribution in [3.8, 4) is 0 Å². The van der Waals surface area contributed by atoms with Gasteiger partial charge in [-0.2, -0.15) is 0 Å². The van der Waals surface area contributed by atoms with Gasteiger partial charge in [-0.15, -0.1) is 12.4 Å². The summed E-state index contributed by atoms with van der Waals surface area (Å²) in [6.45, 7) is 3.58. The zero-order valence-electron chi connectivity index (χ0n) is 12.7. The lowest BCUT2D eigenvalue weighted by molar-refractivity contribution is 0.0454. The molecule has 0 atom stereocenters. The summed E-state index contributed by atoms with van der Waals surface area (Å²) in [5.41, 5.74) is 0.659. The molecular formula is C18H22ClNO2. The van der Waals surface area contributed by atoms with Crippen LogP contribution < -0.4 is 0 Å². The van der Waals surface area contributed by atoms with Crippen LogP contribution in [0.3, 0.4) is 0 Å². The quantitative estimate of drug-likeness (QED) is 0.800. The maximum Gasteiger partial charge on any atom is 0.338 e. The number of fused-ring (bicyclic) bond motifs is 1. The van der Waals surface area contributed by atoms with Crippen molar-refractivity contribution in [2.75, 3.05) is 26.2 Å². The predicted molar refractivity (Wildman–Crippen MR) is 91.8 cm³/mol. The largest absolute Gasteiger partial charge is 0.461 e. The van der Waals surface area contributed by atoms with Crippen LogP contribution in [0.4, 0.5) is 0 Å². The van der Waals surface area contributed by atoms with E-state index in [0.717, 1.165) is 30.4 Å². The van der Waals surface area contributed by atoms with E-state index in [-0.39, 0.29) is 18.4 Å². The summed E-state index contributed by atoms with van der Waals surface area (Å²) in [4.78, 5) is 14.6. The molecule has 4 heteroatoms. The Hall–Kier alpha value is -1.58. The fraction of sp³-hybridized carbons (Fsp3) is 0.389. The number of nitrogens with zero attached hydrogens (tertiary/aromatic N) is 1. The first-order chi connectivity index (χ1) is 10.3. The van der Waals surface area contributed by atoms with Crippen molar-refractivity contribution >= 4 is 29.1 Å². The molecule has 0 unspecified atom stereocenters. The molecule has 0 N–H and O–H groups in total. The first kappa shape index (κ1) is 16.8. The molecule has 1 fully saturated rings. The lowest BCUT2D eigenvalue weighted by Crippen LogP contribution is -2.33. The van der Waals surface area contributed by atoms with Gasteiger partial charge in [-0.1, -0.05) is 42.8 Å². The number of ether oxygens (including phenoxy) is 1. The van der Waals surface area contributed by atoms with Crippen LogP contribution in [-0.4, -0.2) is 37.1 Å². The number of carbonyl (C=O) groups excluding carboxylic acids is 1. The zero-order chi connectivity index (χ0) is 14.5. The van der Waals surface area contributed by atoms with Gasteiger partial charge in [-0.25, -0.2) is 4.79 Å². The van der Waals surface area contributed by atoms with E-state index in [9.17, 15) is 4.79 Å². The van der Waals surface area contributed by atoms with Crippen molar-refractivity contribution in [3.05, 3.63) is 48.0 Å². The first-order valence-electron chi connectivity index (χ1n) is 7.72. The molecule has 1 aliphatic heterocycles. The number of piperidine rings is 1. The van der Waals surface area contributed by atoms with Gasteiger partial charge in [0.15, 0.2) is 0 Å². The van der Waals surface area contributed by atoms with Gasteiger partial charge < -0.3 is 4.74 Å². The van der Waals surface area contributed by atoms with Crippen LogP contribution in [0, 0.1) is 0 Å². The molecule has 0 spiro atoms. The van der Waals surface area contributed by atoms with E-state index >= 15 is 0 Å². The van der Waals surface area contributed by atoms with Crippen LogP contribution in [0.15, 0.2) is 42.5 Å². The fourth-order valence-electron chi connectivity index (χ4n) is 2.93. The summed E-state index contributed by atoms with van der Waals surface area (Å²) < 4.78 is 5.46. The van der Waals surface area contributed by atoms with Gasteiger partial charge >= 0.3 is 5.97 Å². The summed E-state index contributed by atoms with van der Waals surface area (Å²) in [5.74, 6) is -0.219. The Labute approximate surface area is 137 Å². The molecule has 2 aromatic carbocycles. The third-order valence-electron chi connectivity index (χ3n) is 4.10. The second kappa shape index (κ2) is 8.16. The Bertz CT molecular complexity index is 618.